The van der Waals surface area contributed by atoms with Crippen molar-refractivity contribution in [3.8, 4) is 0 Å². The zero-order valence-corrected chi connectivity index (χ0v) is 17.7. The third-order valence-corrected chi connectivity index (χ3v) is 5.49. The van der Waals surface area contributed by atoms with Crippen LogP contribution in [0.4, 0.5) is 4.39 Å². The molecule has 0 spiro atoms. The molecular weight excluding hydrogens is 397 g/mol. The Labute approximate surface area is 180 Å². The fourth-order valence-corrected chi connectivity index (χ4v) is 3.48. The molecule has 31 heavy (non-hydrogen) atoms. The highest BCUT2D eigenvalue weighted by Crippen LogP contribution is 2.21. The Hall–Kier alpha value is -3.26. The molecule has 0 aliphatic carbocycles. The zero-order valence-electron chi connectivity index (χ0n) is 17.7. The second-order valence-corrected chi connectivity index (χ2v) is 7.63. The van der Waals surface area contributed by atoms with Gasteiger partial charge in [-0.2, -0.15) is 0 Å². The Morgan fingerprint density at radius 3 is 2.52 bits per heavy atom. The molecule has 2 amide bonds. The number of nitrogens with zero attached hydrogens (tertiary/aromatic N) is 2. The van der Waals surface area contributed by atoms with E-state index >= 15 is 0 Å². The number of benzene rings is 2. The molecule has 0 radical (unpaired) electrons. The minimum absolute atomic E-state index is 0.0848. The summed E-state index contributed by atoms with van der Waals surface area (Å²) in [5.74, 6) is -1.14. The number of hydrogen-bond acceptors (Lipinski definition) is 4. The molecular formula is C23H28FN5O2. The maximum atomic E-state index is 13.5. The van der Waals surface area contributed by atoms with Crippen LogP contribution in [0.15, 0.2) is 54.9 Å². The number of hydrogen-bond donors (Lipinski definition) is 3. The van der Waals surface area contributed by atoms with Gasteiger partial charge in [-0.15, -0.1) is 0 Å². The second-order valence-electron chi connectivity index (χ2n) is 7.63. The average molecular weight is 426 g/mol. The van der Waals surface area contributed by atoms with Crippen molar-refractivity contribution in [2.75, 3.05) is 6.54 Å². The van der Waals surface area contributed by atoms with Crippen molar-refractivity contribution in [2.45, 2.75) is 38.9 Å². The molecule has 4 N–H and O–H groups in total. The van der Waals surface area contributed by atoms with Gasteiger partial charge in [-0.25, -0.2) is 9.37 Å². The zero-order chi connectivity index (χ0) is 22.4. The molecule has 1 unspecified atom stereocenters. The van der Waals surface area contributed by atoms with Crippen molar-refractivity contribution in [1.82, 2.24) is 20.2 Å². The third-order valence-electron chi connectivity index (χ3n) is 5.49. The Morgan fingerprint density at radius 1 is 1.13 bits per heavy atom. The Bertz CT molecular complexity index is 1030. The van der Waals surface area contributed by atoms with E-state index in [9.17, 15) is 14.0 Å². The first-order valence-electron chi connectivity index (χ1n) is 10.4. The number of fused-ring (bicyclic) bond motifs is 1. The summed E-state index contributed by atoms with van der Waals surface area (Å²) in [6, 6.07) is 12.6. The number of para-hydroxylation sites is 2. The van der Waals surface area contributed by atoms with E-state index < -0.39 is 12.1 Å². The summed E-state index contributed by atoms with van der Waals surface area (Å²) in [6.45, 7) is 4.06. The normalized spacial score (nSPS) is 14.1. The molecule has 2 aromatic carbocycles. The lowest BCUT2D eigenvalue weighted by atomic mass is 9.97. The first-order valence-corrected chi connectivity index (χ1v) is 10.4. The monoisotopic (exact) mass is 425 g/mol. The van der Waals surface area contributed by atoms with Gasteiger partial charge >= 0.3 is 0 Å². The molecule has 7 nitrogen and oxygen atoms in total. The van der Waals surface area contributed by atoms with Crippen molar-refractivity contribution in [3.05, 3.63) is 66.2 Å². The summed E-state index contributed by atoms with van der Waals surface area (Å²) in [4.78, 5) is 29.5. The lowest BCUT2D eigenvalue weighted by molar-refractivity contribution is -0.130. The molecule has 8 heteroatoms. The van der Waals surface area contributed by atoms with Crippen LogP contribution in [-0.4, -0.2) is 34.0 Å². The van der Waals surface area contributed by atoms with Crippen LogP contribution in [-0.2, 0) is 16.1 Å². The van der Waals surface area contributed by atoms with Crippen molar-refractivity contribution in [3.63, 3.8) is 0 Å². The number of carbonyl (C=O) groups is 2. The first-order chi connectivity index (χ1) is 14.9. The van der Waals surface area contributed by atoms with E-state index in [-0.39, 0.29) is 30.1 Å². The smallest absolute Gasteiger partial charge is 0.243 e. The lowest BCUT2D eigenvalue weighted by Crippen LogP contribution is -2.52. The van der Waals surface area contributed by atoms with E-state index in [1.807, 2.05) is 42.7 Å². The summed E-state index contributed by atoms with van der Waals surface area (Å²) in [5, 5.41) is 5.75. The topological polar surface area (TPSA) is 102 Å². The highest BCUT2D eigenvalue weighted by molar-refractivity contribution is 5.88. The SMILES string of the molecule is CC[C@H](C)[C@H](NC(=O)CN)C(=O)NC(Cn1cnc2ccccc21)c1ccc(F)cc1. The van der Waals surface area contributed by atoms with E-state index in [1.54, 1.807) is 18.5 Å². The van der Waals surface area contributed by atoms with Crippen LogP contribution in [0.2, 0.25) is 0 Å². The summed E-state index contributed by atoms with van der Waals surface area (Å²) in [6.07, 6.45) is 2.42. The molecule has 0 bridgehead atoms. The van der Waals surface area contributed by atoms with Gasteiger partial charge in [-0.3, -0.25) is 9.59 Å². The minimum atomic E-state index is -0.719. The van der Waals surface area contributed by atoms with Gasteiger partial charge in [0.25, 0.3) is 0 Å². The van der Waals surface area contributed by atoms with Gasteiger partial charge in [0.1, 0.15) is 11.9 Å². The van der Waals surface area contributed by atoms with E-state index in [0.717, 1.165) is 16.6 Å². The van der Waals surface area contributed by atoms with Gasteiger partial charge in [0.2, 0.25) is 11.8 Å². The van der Waals surface area contributed by atoms with Crippen LogP contribution >= 0.6 is 0 Å². The summed E-state index contributed by atoms with van der Waals surface area (Å²) < 4.78 is 15.4. The largest absolute Gasteiger partial charge is 0.346 e. The molecule has 0 fully saturated rings. The molecule has 0 saturated carbocycles. The Balaban J connectivity index is 1.89. The molecule has 0 saturated heterocycles. The maximum absolute atomic E-state index is 13.5. The number of aromatic nitrogens is 2. The first kappa shape index (κ1) is 22.4. The Morgan fingerprint density at radius 2 is 1.84 bits per heavy atom. The summed E-state index contributed by atoms with van der Waals surface area (Å²) in [7, 11) is 0. The number of rotatable bonds is 9. The number of nitrogens with two attached hydrogens (primary N) is 1. The number of imidazole rings is 1. The lowest BCUT2D eigenvalue weighted by Gasteiger charge is -2.27. The van der Waals surface area contributed by atoms with Gasteiger partial charge in [0, 0.05) is 6.54 Å². The summed E-state index contributed by atoms with van der Waals surface area (Å²) >= 11 is 0. The average Bonchev–Trinajstić information content (AvgIpc) is 3.19. The van der Waals surface area contributed by atoms with Gasteiger partial charge in [-0.05, 0) is 35.7 Å². The molecule has 3 rings (SSSR count). The predicted octanol–water partition coefficient (Wildman–Crippen LogP) is 2.52. The molecule has 3 atom stereocenters. The number of halogens is 1. The molecule has 0 aliphatic heterocycles. The van der Waals surface area contributed by atoms with E-state index in [0.29, 0.717) is 13.0 Å². The molecule has 164 valence electrons. The van der Waals surface area contributed by atoms with Gasteiger partial charge in [-0.1, -0.05) is 44.5 Å². The number of nitrogens with one attached hydrogen (secondary N) is 2. The third kappa shape index (κ3) is 5.46. The van der Waals surface area contributed by atoms with Crippen LogP contribution in [0.5, 0.6) is 0 Å². The van der Waals surface area contributed by atoms with Crippen molar-refractivity contribution >= 4 is 22.8 Å². The Kier molecular flexibility index (Phi) is 7.36. The fraction of sp³-hybridized carbons (Fsp3) is 0.348. The quantitative estimate of drug-likeness (QED) is 0.490. The van der Waals surface area contributed by atoms with Crippen LogP contribution in [0.25, 0.3) is 11.0 Å². The van der Waals surface area contributed by atoms with Crippen LogP contribution < -0.4 is 16.4 Å². The fourth-order valence-electron chi connectivity index (χ4n) is 3.48. The number of carbonyl (C=O) groups excluding carboxylic acids is 2. The second kappa shape index (κ2) is 10.2. The van der Waals surface area contributed by atoms with Crippen molar-refractivity contribution < 1.29 is 14.0 Å². The van der Waals surface area contributed by atoms with Crippen LogP contribution in [0.3, 0.4) is 0 Å². The standard InChI is InChI=1S/C23H28FN5O2/c1-3-15(2)22(28-21(30)12-25)23(31)27-19(16-8-10-17(24)11-9-16)13-29-14-26-18-6-4-5-7-20(18)29/h4-11,14-15,19,22H,3,12-13,25H2,1-2H3,(H,27,31)(H,28,30)/t15-,19?,22-/m0/s1. The molecule has 3 aromatic rings. The minimum Gasteiger partial charge on any atom is -0.346 e. The maximum Gasteiger partial charge on any atom is 0.243 e. The van der Waals surface area contributed by atoms with E-state index in [2.05, 4.69) is 15.6 Å². The van der Waals surface area contributed by atoms with E-state index in [4.69, 9.17) is 5.73 Å². The van der Waals surface area contributed by atoms with Crippen LogP contribution in [0.1, 0.15) is 31.9 Å². The van der Waals surface area contributed by atoms with Crippen molar-refractivity contribution in [1.29, 1.82) is 0 Å². The molecule has 1 heterocycles. The highest BCUT2D eigenvalue weighted by atomic mass is 19.1. The molecule has 1 aromatic heterocycles. The number of amides is 2. The van der Waals surface area contributed by atoms with Crippen LogP contribution in [0, 0.1) is 11.7 Å². The van der Waals surface area contributed by atoms with Gasteiger partial charge < -0.3 is 20.9 Å². The molecule has 0 aliphatic rings. The predicted molar refractivity (Wildman–Crippen MR) is 117 cm³/mol. The summed E-state index contributed by atoms with van der Waals surface area (Å²) in [5.41, 5.74) is 7.95. The van der Waals surface area contributed by atoms with Gasteiger partial charge in [0.05, 0.1) is 29.9 Å². The van der Waals surface area contributed by atoms with Gasteiger partial charge in [0.15, 0.2) is 0 Å². The highest BCUT2D eigenvalue weighted by Gasteiger charge is 2.28. The van der Waals surface area contributed by atoms with E-state index in [1.165, 1.54) is 12.1 Å². The van der Waals surface area contributed by atoms with Crippen molar-refractivity contribution in [2.24, 2.45) is 11.7 Å².